The molecule has 2 aromatic rings. The van der Waals surface area contributed by atoms with Crippen molar-refractivity contribution in [2.75, 3.05) is 24.5 Å². The van der Waals surface area contributed by atoms with Crippen molar-refractivity contribution in [3.8, 4) is 0 Å². The molecule has 1 aromatic carbocycles. The molecule has 0 bridgehead atoms. The van der Waals surface area contributed by atoms with Crippen molar-refractivity contribution in [2.45, 2.75) is 39.2 Å². The highest BCUT2D eigenvalue weighted by molar-refractivity contribution is 5.90. The van der Waals surface area contributed by atoms with Crippen LogP contribution in [0.3, 0.4) is 0 Å². The summed E-state index contributed by atoms with van der Waals surface area (Å²) in [5.74, 6) is -0.0197. The van der Waals surface area contributed by atoms with Gasteiger partial charge in [0.2, 0.25) is 0 Å². The molecule has 1 saturated carbocycles. The Bertz CT molecular complexity index is 974. The summed E-state index contributed by atoms with van der Waals surface area (Å²) in [5, 5.41) is 0.292. The Kier molecular flexibility index (Phi) is 3.72. The quantitative estimate of drug-likeness (QED) is 0.883. The predicted molar refractivity (Wildman–Crippen MR) is 95.9 cm³/mol. The maximum Gasteiger partial charge on any atom is 0.329 e. The summed E-state index contributed by atoms with van der Waals surface area (Å²) in [6.45, 7) is 5.45. The minimum Gasteiger partial charge on any atom is -0.369 e. The van der Waals surface area contributed by atoms with Gasteiger partial charge in [0.1, 0.15) is 0 Å². The molecule has 0 spiro atoms. The zero-order valence-electron chi connectivity index (χ0n) is 14.6. The molecule has 3 N–H and O–H groups in total. The molecule has 1 aliphatic carbocycles. The molecule has 1 saturated heterocycles. The van der Waals surface area contributed by atoms with Crippen molar-refractivity contribution < 1.29 is 4.39 Å². The number of aromatic amines is 1. The van der Waals surface area contributed by atoms with Crippen LogP contribution in [0, 0.1) is 25.6 Å². The van der Waals surface area contributed by atoms with Gasteiger partial charge in [-0.2, -0.15) is 0 Å². The first kappa shape index (κ1) is 16.3. The largest absolute Gasteiger partial charge is 0.369 e. The van der Waals surface area contributed by atoms with Gasteiger partial charge < -0.3 is 10.6 Å². The van der Waals surface area contributed by atoms with Crippen molar-refractivity contribution in [3.63, 3.8) is 0 Å². The summed E-state index contributed by atoms with van der Waals surface area (Å²) in [6.07, 6.45) is 2.74. The minimum absolute atomic E-state index is 0.0960. The Balaban J connectivity index is 2.04. The van der Waals surface area contributed by atoms with Crippen molar-refractivity contribution in [3.05, 3.63) is 37.8 Å². The molecule has 2 fully saturated rings. The summed E-state index contributed by atoms with van der Waals surface area (Å²) >= 11 is 0. The zero-order valence-corrected chi connectivity index (χ0v) is 14.6. The van der Waals surface area contributed by atoms with Gasteiger partial charge in [-0.15, -0.1) is 0 Å². The lowest BCUT2D eigenvalue weighted by Crippen LogP contribution is -2.32. The second-order valence-electron chi connectivity index (χ2n) is 7.33. The Morgan fingerprint density at radius 2 is 1.92 bits per heavy atom. The molecule has 0 radical (unpaired) electrons. The van der Waals surface area contributed by atoms with Crippen molar-refractivity contribution in [2.24, 2.45) is 11.7 Å². The highest BCUT2D eigenvalue weighted by Gasteiger charge is 2.32. The van der Waals surface area contributed by atoms with Gasteiger partial charge in [0, 0.05) is 30.3 Å². The number of nitrogens with zero attached hydrogens (tertiary/aromatic N) is 2. The van der Waals surface area contributed by atoms with E-state index in [9.17, 15) is 9.59 Å². The van der Waals surface area contributed by atoms with Gasteiger partial charge in [0.25, 0.3) is 5.56 Å². The average Bonchev–Trinajstić information content (AvgIpc) is 3.29. The molecular weight excluding hydrogens is 323 g/mol. The van der Waals surface area contributed by atoms with E-state index >= 15 is 4.39 Å². The Hall–Kier alpha value is -2.15. The van der Waals surface area contributed by atoms with Gasteiger partial charge in [0.05, 0.1) is 16.6 Å². The summed E-state index contributed by atoms with van der Waals surface area (Å²) in [4.78, 5) is 29.2. The standard InChI is InChI=1S/C18H23FN4O2/c1-9-13-15(23(12-3-4-12)18(25)21-17(13)24)10(2)16(14(9)19)22-6-5-11(7-20)8-22/h11-12H,3-8,20H2,1-2H3,(H,21,24,25). The number of nitrogens with one attached hydrogen (secondary N) is 1. The first-order chi connectivity index (χ1) is 11.9. The third-order valence-electron chi connectivity index (χ3n) is 5.61. The predicted octanol–water partition coefficient (Wildman–Crippen LogP) is 1.57. The maximum atomic E-state index is 15.2. The van der Waals surface area contributed by atoms with Gasteiger partial charge in [-0.25, -0.2) is 9.18 Å². The highest BCUT2D eigenvalue weighted by atomic mass is 19.1. The van der Waals surface area contributed by atoms with E-state index < -0.39 is 11.2 Å². The lowest BCUT2D eigenvalue weighted by Gasteiger charge is -2.25. The first-order valence-electron chi connectivity index (χ1n) is 8.86. The van der Waals surface area contributed by atoms with Gasteiger partial charge in [0.15, 0.2) is 5.82 Å². The second-order valence-corrected chi connectivity index (χ2v) is 7.33. The number of hydrogen-bond donors (Lipinski definition) is 2. The molecule has 25 heavy (non-hydrogen) atoms. The number of H-pyrrole nitrogens is 1. The molecule has 2 heterocycles. The van der Waals surface area contributed by atoms with Crippen LogP contribution < -0.4 is 21.9 Å². The minimum atomic E-state index is -0.510. The number of benzene rings is 1. The molecule has 134 valence electrons. The lowest BCUT2D eigenvalue weighted by atomic mass is 10.0. The van der Waals surface area contributed by atoms with Crippen LogP contribution in [0.5, 0.6) is 0 Å². The van der Waals surface area contributed by atoms with Gasteiger partial charge in [-0.3, -0.25) is 14.3 Å². The summed E-state index contributed by atoms with van der Waals surface area (Å²) < 4.78 is 16.8. The topological polar surface area (TPSA) is 84.1 Å². The molecule has 6 nitrogen and oxygen atoms in total. The fourth-order valence-corrected chi connectivity index (χ4v) is 4.11. The van der Waals surface area contributed by atoms with Crippen LogP contribution in [0.2, 0.25) is 0 Å². The van der Waals surface area contributed by atoms with Crippen LogP contribution in [0.1, 0.15) is 36.4 Å². The molecule has 1 atom stereocenters. The Morgan fingerprint density at radius 1 is 1.20 bits per heavy atom. The number of rotatable bonds is 3. The number of hydrogen-bond acceptors (Lipinski definition) is 4. The van der Waals surface area contributed by atoms with Crippen LogP contribution in [-0.2, 0) is 0 Å². The normalized spacial score (nSPS) is 20.6. The SMILES string of the molecule is Cc1c(F)c(N2CCC(CN)C2)c(C)c2c1c(=O)[nH]c(=O)n2C1CC1. The number of aromatic nitrogens is 2. The van der Waals surface area contributed by atoms with E-state index in [0.717, 1.165) is 25.8 Å². The van der Waals surface area contributed by atoms with E-state index in [4.69, 9.17) is 5.73 Å². The summed E-state index contributed by atoms with van der Waals surface area (Å²) in [7, 11) is 0. The van der Waals surface area contributed by atoms with Gasteiger partial charge in [-0.05, 0) is 45.6 Å². The molecular formula is C18H23FN4O2. The summed E-state index contributed by atoms with van der Waals surface area (Å²) in [6, 6.07) is 0.0960. The Morgan fingerprint density at radius 3 is 2.52 bits per heavy atom. The van der Waals surface area contributed by atoms with E-state index in [1.54, 1.807) is 11.5 Å². The van der Waals surface area contributed by atoms with Crippen molar-refractivity contribution >= 4 is 16.6 Å². The smallest absolute Gasteiger partial charge is 0.329 e. The van der Waals surface area contributed by atoms with E-state index in [1.807, 2.05) is 11.8 Å². The fraction of sp³-hybridized carbons (Fsp3) is 0.556. The first-order valence-corrected chi connectivity index (χ1v) is 8.86. The highest BCUT2D eigenvalue weighted by Crippen LogP contribution is 2.40. The molecule has 7 heteroatoms. The number of aryl methyl sites for hydroxylation is 2. The molecule has 4 rings (SSSR count). The second kappa shape index (κ2) is 5.69. The van der Waals surface area contributed by atoms with E-state index in [0.29, 0.717) is 46.7 Å². The van der Waals surface area contributed by atoms with E-state index in [-0.39, 0.29) is 11.9 Å². The van der Waals surface area contributed by atoms with Crippen molar-refractivity contribution in [1.29, 1.82) is 0 Å². The Labute approximate surface area is 144 Å². The zero-order chi connectivity index (χ0) is 17.9. The molecule has 0 amide bonds. The van der Waals surface area contributed by atoms with Crippen LogP contribution in [0.25, 0.3) is 10.9 Å². The fourth-order valence-electron chi connectivity index (χ4n) is 4.11. The number of halogens is 1. The average molecular weight is 346 g/mol. The van der Waals surface area contributed by atoms with Crippen LogP contribution in [-0.4, -0.2) is 29.2 Å². The van der Waals surface area contributed by atoms with Crippen LogP contribution >= 0.6 is 0 Å². The van der Waals surface area contributed by atoms with Gasteiger partial charge >= 0.3 is 5.69 Å². The lowest BCUT2D eigenvalue weighted by molar-refractivity contribution is 0.595. The van der Waals surface area contributed by atoms with Crippen molar-refractivity contribution in [1.82, 2.24) is 9.55 Å². The third kappa shape index (κ3) is 2.40. The molecule has 1 aliphatic heterocycles. The summed E-state index contributed by atoms with van der Waals surface area (Å²) in [5.41, 5.74) is 6.94. The number of nitrogens with two attached hydrogens (primary N) is 1. The molecule has 1 unspecified atom stereocenters. The van der Waals surface area contributed by atoms with E-state index in [1.165, 1.54) is 0 Å². The monoisotopic (exact) mass is 346 g/mol. The third-order valence-corrected chi connectivity index (χ3v) is 5.61. The van der Waals surface area contributed by atoms with E-state index in [2.05, 4.69) is 4.98 Å². The van der Waals surface area contributed by atoms with Gasteiger partial charge in [-0.1, -0.05) is 0 Å². The number of anilines is 1. The number of fused-ring (bicyclic) bond motifs is 1. The molecule has 2 aliphatic rings. The van der Waals surface area contributed by atoms with Crippen LogP contribution in [0.4, 0.5) is 10.1 Å². The van der Waals surface area contributed by atoms with Crippen LogP contribution in [0.15, 0.2) is 9.59 Å². The molecule has 1 aromatic heterocycles. The maximum absolute atomic E-state index is 15.2.